The summed E-state index contributed by atoms with van der Waals surface area (Å²) in [4.78, 5) is 29.1. The van der Waals surface area contributed by atoms with Crippen molar-refractivity contribution in [3.63, 3.8) is 0 Å². The number of benzene rings is 2. The molecule has 2 aromatic carbocycles. The van der Waals surface area contributed by atoms with Crippen LogP contribution in [0.3, 0.4) is 0 Å². The quantitative estimate of drug-likeness (QED) is 0.179. The lowest BCUT2D eigenvalue weighted by atomic mass is 9.95. The molecule has 3 atom stereocenters. The number of alkyl halides is 1. The molecular formula is C35H35F3N6O5. The van der Waals surface area contributed by atoms with Crippen LogP contribution in [0.15, 0.2) is 30.5 Å². The molecule has 0 bridgehead atoms. The van der Waals surface area contributed by atoms with Gasteiger partial charge in [0, 0.05) is 56.4 Å². The molecule has 3 aliphatic heterocycles. The van der Waals surface area contributed by atoms with Crippen molar-refractivity contribution in [1.29, 1.82) is 0 Å². The van der Waals surface area contributed by atoms with Crippen molar-refractivity contribution >= 4 is 33.6 Å². The Labute approximate surface area is 280 Å². The summed E-state index contributed by atoms with van der Waals surface area (Å²) in [5, 5.41) is 12.9. The standard InChI is InChI=1S/C35H35F3N6O5/c1-3-24-27(37)8-7-20-12-23(49-19-47-2)13-25(28(20)24)30-29(38)31-26(15-39-30)32(43-10-4-6-22(17-43)40-34(45)46)42-33(41-31)48-18-35-9-5-11-44(35)16-21(36)14-35/h1,7-8,12-13,15,21-22,40H,4-6,9-11,14,16-19H2,2H3,(H,45,46)/t21-,22+,35+/m1/s1. The number of halogens is 3. The van der Waals surface area contributed by atoms with Gasteiger partial charge in [0.2, 0.25) is 0 Å². The summed E-state index contributed by atoms with van der Waals surface area (Å²) < 4.78 is 63.5. The first-order valence-corrected chi connectivity index (χ1v) is 16.2. The Morgan fingerprint density at radius 1 is 1.18 bits per heavy atom. The molecule has 4 aromatic rings. The number of pyridine rings is 1. The molecule has 1 amide bonds. The smallest absolute Gasteiger partial charge is 0.404 e. The van der Waals surface area contributed by atoms with Gasteiger partial charge in [-0.15, -0.1) is 6.42 Å². The molecule has 5 heterocycles. The van der Waals surface area contributed by atoms with E-state index in [1.165, 1.54) is 31.5 Å². The zero-order valence-corrected chi connectivity index (χ0v) is 26.8. The van der Waals surface area contributed by atoms with Gasteiger partial charge < -0.3 is 29.5 Å². The van der Waals surface area contributed by atoms with Crippen LogP contribution in [0.4, 0.5) is 23.8 Å². The van der Waals surface area contributed by atoms with Crippen molar-refractivity contribution in [2.75, 3.05) is 51.6 Å². The fourth-order valence-corrected chi connectivity index (χ4v) is 7.58. The minimum atomic E-state index is -1.14. The molecule has 14 heteroatoms. The second-order valence-corrected chi connectivity index (χ2v) is 12.8. The number of rotatable bonds is 9. The van der Waals surface area contributed by atoms with Crippen molar-refractivity contribution in [2.45, 2.75) is 49.9 Å². The first-order chi connectivity index (χ1) is 23.7. The first kappa shape index (κ1) is 32.7. The number of ether oxygens (including phenoxy) is 3. The van der Waals surface area contributed by atoms with E-state index in [1.807, 2.05) is 4.90 Å². The number of nitrogens with zero attached hydrogens (tertiary/aromatic N) is 5. The van der Waals surface area contributed by atoms with Crippen LogP contribution in [-0.2, 0) is 4.74 Å². The van der Waals surface area contributed by atoms with E-state index in [0.29, 0.717) is 49.3 Å². The van der Waals surface area contributed by atoms with Crippen molar-refractivity contribution < 1.29 is 37.3 Å². The van der Waals surface area contributed by atoms with Crippen molar-refractivity contribution in [3.05, 3.63) is 47.7 Å². The van der Waals surface area contributed by atoms with Crippen LogP contribution < -0.4 is 19.7 Å². The average Bonchev–Trinajstić information content (AvgIpc) is 3.61. The number of nitrogens with one attached hydrogen (secondary N) is 1. The lowest BCUT2D eigenvalue weighted by Gasteiger charge is -2.34. The van der Waals surface area contributed by atoms with Gasteiger partial charge in [0.15, 0.2) is 12.6 Å². The van der Waals surface area contributed by atoms with E-state index in [9.17, 15) is 14.3 Å². The van der Waals surface area contributed by atoms with Crippen LogP contribution in [0.25, 0.3) is 32.9 Å². The molecule has 3 fully saturated rings. The fourth-order valence-electron chi connectivity index (χ4n) is 7.58. The summed E-state index contributed by atoms with van der Waals surface area (Å²) in [6.45, 7) is 1.93. The maximum absolute atomic E-state index is 17.0. The third-order valence-corrected chi connectivity index (χ3v) is 9.71. The summed E-state index contributed by atoms with van der Waals surface area (Å²) in [5.41, 5.74) is -0.642. The molecule has 0 unspecified atom stereocenters. The van der Waals surface area contributed by atoms with Crippen molar-refractivity contribution in [2.24, 2.45) is 0 Å². The summed E-state index contributed by atoms with van der Waals surface area (Å²) in [5.74, 6) is 1.55. The molecule has 0 saturated carbocycles. The number of hydrogen-bond donors (Lipinski definition) is 2. The molecule has 7 rings (SSSR count). The first-order valence-electron chi connectivity index (χ1n) is 16.2. The van der Waals surface area contributed by atoms with Gasteiger partial charge in [0.1, 0.15) is 41.4 Å². The molecule has 2 N–H and O–H groups in total. The molecule has 256 valence electrons. The number of carbonyl (C=O) groups is 1. The second kappa shape index (κ2) is 13.2. The number of carboxylic acid groups (broad SMARTS) is 1. The second-order valence-electron chi connectivity index (χ2n) is 12.8. The zero-order chi connectivity index (χ0) is 34.3. The minimum absolute atomic E-state index is 0.0621. The van der Waals surface area contributed by atoms with E-state index in [2.05, 4.69) is 26.1 Å². The van der Waals surface area contributed by atoms with E-state index in [0.717, 1.165) is 19.4 Å². The van der Waals surface area contributed by atoms with Crippen LogP contribution in [0.5, 0.6) is 11.8 Å². The lowest BCUT2D eigenvalue weighted by molar-refractivity contribution is 0.0512. The molecule has 3 aliphatic rings. The van der Waals surface area contributed by atoms with Gasteiger partial charge in [-0.05, 0) is 55.8 Å². The molecule has 0 radical (unpaired) electrons. The molecule has 49 heavy (non-hydrogen) atoms. The van der Waals surface area contributed by atoms with Crippen LogP contribution >= 0.6 is 0 Å². The molecule has 2 aromatic heterocycles. The topological polar surface area (TPSA) is 122 Å². The highest BCUT2D eigenvalue weighted by atomic mass is 19.1. The van der Waals surface area contributed by atoms with E-state index in [4.69, 9.17) is 25.6 Å². The summed E-state index contributed by atoms with van der Waals surface area (Å²) in [6.07, 6.45) is 8.33. The van der Waals surface area contributed by atoms with E-state index in [-0.39, 0.29) is 65.1 Å². The molecule has 0 spiro atoms. The monoisotopic (exact) mass is 676 g/mol. The van der Waals surface area contributed by atoms with Gasteiger partial charge in [0.25, 0.3) is 0 Å². The largest absolute Gasteiger partial charge is 0.468 e. The number of terminal acetylenes is 1. The van der Waals surface area contributed by atoms with E-state index >= 15 is 8.78 Å². The van der Waals surface area contributed by atoms with Gasteiger partial charge in [-0.3, -0.25) is 9.88 Å². The number of methoxy groups -OCH3 is 1. The predicted molar refractivity (Wildman–Crippen MR) is 176 cm³/mol. The summed E-state index contributed by atoms with van der Waals surface area (Å²) in [7, 11) is 1.46. The van der Waals surface area contributed by atoms with Crippen LogP contribution in [0, 0.1) is 24.0 Å². The highest BCUT2D eigenvalue weighted by Crippen LogP contribution is 2.42. The van der Waals surface area contributed by atoms with E-state index < -0.39 is 29.4 Å². The number of anilines is 1. The maximum Gasteiger partial charge on any atom is 0.404 e. The summed E-state index contributed by atoms with van der Waals surface area (Å²) >= 11 is 0. The highest BCUT2D eigenvalue weighted by molar-refractivity contribution is 6.03. The Balaban J connectivity index is 1.37. The molecule has 11 nitrogen and oxygen atoms in total. The van der Waals surface area contributed by atoms with E-state index in [1.54, 1.807) is 6.07 Å². The Morgan fingerprint density at radius 3 is 2.84 bits per heavy atom. The number of amides is 1. The minimum Gasteiger partial charge on any atom is -0.468 e. The SMILES string of the molecule is C#Cc1c(F)ccc2cc(OCOC)cc(-c3ncc4c(N5CCC[C@H](NC(=O)O)C5)nc(OC[C@@]56CCCN5C[C@H](F)C6)nc4c3F)c12. The molecule has 0 aliphatic carbocycles. The van der Waals surface area contributed by atoms with Gasteiger partial charge in [-0.2, -0.15) is 9.97 Å². The number of piperidine rings is 1. The van der Waals surface area contributed by atoms with Crippen molar-refractivity contribution in [1.82, 2.24) is 25.2 Å². The zero-order valence-electron chi connectivity index (χ0n) is 26.8. The Bertz CT molecular complexity index is 1970. The average molecular weight is 677 g/mol. The fraction of sp³-hybridized carbons (Fsp3) is 0.429. The third kappa shape index (κ3) is 6.13. The summed E-state index contributed by atoms with van der Waals surface area (Å²) in [6, 6.07) is 5.44. The Hall–Kier alpha value is -4.87. The molecular weight excluding hydrogens is 641 g/mol. The maximum atomic E-state index is 17.0. The Kier molecular flexibility index (Phi) is 8.81. The normalized spacial score (nSPS) is 22.3. The lowest BCUT2D eigenvalue weighted by Crippen LogP contribution is -2.47. The Morgan fingerprint density at radius 2 is 2.04 bits per heavy atom. The number of fused-ring (bicyclic) bond motifs is 3. The van der Waals surface area contributed by atoms with Gasteiger partial charge in [0.05, 0.1) is 16.5 Å². The molecule has 3 saturated heterocycles. The number of aromatic nitrogens is 3. The van der Waals surface area contributed by atoms with Crippen LogP contribution in [0.1, 0.15) is 37.7 Å². The van der Waals surface area contributed by atoms with Gasteiger partial charge in [-0.25, -0.2) is 18.0 Å². The van der Waals surface area contributed by atoms with Gasteiger partial charge >= 0.3 is 12.1 Å². The number of hydrogen-bond acceptors (Lipinski definition) is 9. The van der Waals surface area contributed by atoms with Gasteiger partial charge in [-0.1, -0.05) is 12.0 Å². The third-order valence-electron chi connectivity index (χ3n) is 9.71. The highest BCUT2D eigenvalue weighted by Gasteiger charge is 2.49. The van der Waals surface area contributed by atoms with Crippen LogP contribution in [-0.4, -0.2) is 95.5 Å². The van der Waals surface area contributed by atoms with Crippen molar-refractivity contribution in [3.8, 4) is 35.4 Å². The predicted octanol–water partition coefficient (Wildman–Crippen LogP) is 5.28. The van der Waals surface area contributed by atoms with Crippen LogP contribution in [0.2, 0.25) is 0 Å².